The summed E-state index contributed by atoms with van der Waals surface area (Å²) in [5.74, 6) is 0.117. The van der Waals surface area contributed by atoms with Crippen molar-refractivity contribution in [2.75, 3.05) is 6.54 Å². The Morgan fingerprint density at radius 2 is 1.83 bits per heavy atom. The van der Waals surface area contributed by atoms with E-state index in [1.165, 1.54) is 0 Å². The molecule has 0 aliphatic rings. The fourth-order valence-corrected chi connectivity index (χ4v) is 2.21. The number of rotatable bonds is 7. The molecule has 0 spiro atoms. The minimum atomic E-state index is -0.431. The molecule has 0 saturated heterocycles. The maximum atomic E-state index is 12.3. The fourth-order valence-electron chi connectivity index (χ4n) is 2.21. The topological polar surface area (TPSA) is 72.2 Å². The van der Waals surface area contributed by atoms with E-state index in [0.29, 0.717) is 12.1 Å². The molecule has 0 aromatic heterocycles. The highest BCUT2D eigenvalue weighted by atomic mass is 35.5. The van der Waals surface area contributed by atoms with Gasteiger partial charge in [0.05, 0.1) is 5.54 Å². The van der Waals surface area contributed by atoms with Gasteiger partial charge in [-0.15, -0.1) is 12.4 Å². The van der Waals surface area contributed by atoms with Gasteiger partial charge in [-0.2, -0.15) is 0 Å². The number of nitrogens with one attached hydrogen (secondary N) is 1. The number of halogens is 1. The van der Waals surface area contributed by atoms with Crippen molar-refractivity contribution in [3.8, 4) is 0 Å². The van der Waals surface area contributed by atoms with Crippen LogP contribution in [0.2, 0.25) is 0 Å². The van der Waals surface area contributed by atoms with E-state index in [1.807, 2.05) is 52.8 Å². The monoisotopic (exact) mass is 340 g/mol. The molecule has 5 heteroatoms. The second-order valence-electron chi connectivity index (χ2n) is 6.57. The molecule has 1 amide bonds. The second-order valence-corrected chi connectivity index (χ2v) is 6.57. The summed E-state index contributed by atoms with van der Waals surface area (Å²) in [6.45, 7) is 10.2. The molecule has 4 nitrogen and oxygen atoms in total. The number of nitrogens with two attached hydrogens (primary N) is 1. The third kappa shape index (κ3) is 5.96. The van der Waals surface area contributed by atoms with Gasteiger partial charge in [0.2, 0.25) is 5.91 Å². The van der Waals surface area contributed by atoms with E-state index in [0.717, 1.165) is 11.1 Å². The molecule has 0 heterocycles. The van der Waals surface area contributed by atoms with E-state index in [-0.39, 0.29) is 42.9 Å². The van der Waals surface area contributed by atoms with Crippen molar-refractivity contribution in [2.24, 2.45) is 11.7 Å². The van der Waals surface area contributed by atoms with Crippen LogP contribution < -0.4 is 11.1 Å². The molecule has 23 heavy (non-hydrogen) atoms. The number of carbonyl (C=O) groups excluding carboxylic acids is 2. The average molecular weight is 341 g/mol. The zero-order valence-corrected chi connectivity index (χ0v) is 15.5. The Morgan fingerprint density at radius 3 is 2.35 bits per heavy atom. The summed E-state index contributed by atoms with van der Waals surface area (Å²) >= 11 is 0. The molecule has 1 atom stereocenters. The van der Waals surface area contributed by atoms with Crippen LogP contribution in [0.15, 0.2) is 18.2 Å². The molecular weight excluding hydrogens is 312 g/mol. The van der Waals surface area contributed by atoms with E-state index in [2.05, 4.69) is 5.32 Å². The number of carbonyl (C=O) groups is 2. The van der Waals surface area contributed by atoms with Gasteiger partial charge >= 0.3 is 0 Å². The lowest BCUT2D eigenvalue weighted by atomic mass is 9.88. The van der Waals surface area contributed by atoms with Gasteiger partial charge in [-0.25, -0.2) is 0 Å². The first-order valence-electron chi connectivity index (χ1n) is 7.81. The van der Waals surface area contributed by atoms with Gasteiger partial charge in [0, 0.05) is 24.9 Å². The molecule has 0 fully saturated rings. The van der Waals surface area contributed by atoms with Crippen LogP contribution in [0.1, 0.15) is 55.1 Å². The van der Waals surface area contributed by atoms with Crippen LogP contribution in [0.25, 0.3) is 0 Å². The molecule has 130 valence electrons. The first-order valence-corrected chi connectivity index (χ1v) is 7.81. The molecular formula is C18H29ClN2O2. The van der Waals surface area contributed by atoms with Crippen molar-refractivity contribution in [3.05, 3.63) is 34.9 Å². The Kier molecular flexibility index (Phi) is 8.49. The van der Waals surface area contributed by atoms with Crippen molar-refractivity contribution < 1.29 is 9.59 Å². The van der Waals surface area contributed by atoms with E-state index in [4.69, 9.17) is 5.73 Å². The molecule has 3 N–H and O–H groups in total. The van der Waals surface area contributed by atoms with Crippen LogP contribution in [-0.2, 0) is 4.79 Å². The number of Topliss-reactive ketones (excluding diaryl/α,β-unsaturated/α-hetero) is 1. The maximum absolute atomic E-state index is 12.3. The highest BCUT2D eigenvalue weighted by Crippen LogP contribution is 2.16. The molecule has 0 aliphatic carbocycles. The molecule has 0 aliphatic heterocycles. The number of amides is 1. The second kappa shape index (κ2) is 9.04. The normalized spacial score (nSPS) is 13.2. The molecule has 1 unspecified atom stereocenters. The first kappa shape index (κ1) is 21.6. The van der Waals surface area contributed by atoms with Gasteiger partial charge in [0.1, 0.15) is 0 Å². The van der Waals surface area contributed by atoms with Gasteiger partial charge in [-0.1, -0.05) is 31.5 Å². The molecule has 1 aromatic rings. The Balaban J connectivity index is 0.00000484. The number of hydrogen-bond acceptors (Lipinski definition) is 3. The predicted molar refractivity (Wildman–Crippen MR) is 97.2 cm³/mol. The third-order valence-corrected chi connectivity index (χ3v) is 4.40. The third-order valence-electron chi connectivity index (χ3n) is 4.40. The SMILES string of the molecule is Cc1ccc(C)c(C(=O)CCC(=O)NC(C)(CN)C(C)C)c1.Cl. The molecule has 0 radical (unpaired) electrons. The van der Waals surface area contributed by atoms with Crippen molar-refractivity contribution in [1.82, 2.24) is 5.32 Å². The molecule has 0 saturated carbocycles. The van der Waals surface area contributed by atoms with E-state index in [9.17, 15) is 9.59 Å². The summed E-state index contributed by atoms with van der Waals surface area (Å²) < 4.78 is 0. The Bertz CT molecular complexity index is 558. The highest BCUT2D eigenvalue weighted by Gasteiger charge is 2.28. The van der Waals surface area contributed by atoms with Crippen LogP contribution in [0.3, 0.4) is 0 Å². The summed E-state index contributed by atoms with van der Waals surface area (Å²) in [4.78, 5) is 24.4. The number of ketones is 1. The molecule has 0 bridgehead atoms. The average Bonchev–Trinajstić information content (AvgIpc) is 2.46. The Morgan fingerprint density at radius 1 is 1.22 bits per heavy atom. The van der Waals surface area contributed by atoms with Crippen molar-refractivity contribution >= 4 is 24.1 Å². The minimum Gasteiger partial charge on any atom is -0.349 e. The van der Waals surface area contributed by atoms with Crippen molar-refractivity contribution in [3.63, 3.8) is 0 Å². The molecule has 1 rings (SSSR count). The van der Waals surface area contributed by atoms with Crippen LogP contribution >= 0.6 is 12.4 Å². The Hall–Kier alpha value is -1.39. The van der Waals surface area contributed by atoms with E-state index < -0.39 is 5.54 Å². The van der Waals surface area contributed by atoms with Gasteiger partial charge < -0.3 is 11.1 Å². The minimum absolute atomic E-state index is 0. The van der Waals surface area contributed by atoms with Crippen LogP contribution in [0, 0.1) is 19.8 Å². The fraction of sp³-hybridized carbons (Fsp3) is 0.556. The lowest BCUT2D eigenvalue weighted by Gasteiger charge is -2.33. The summed E-state index contributed by atoms with van der Waals surface area (Å²) in [5.41, 5.74) is 8.03. The summed E-state index contributed by atoms with van der Waals surface area (Å²) in [7, 11) is 0. The van der Waals surface area contributed by atoms with Gasteiger partial charge in [-0.05, 0) is 38.3 Å². The van der Waals surface area contributed by atoms with Crippen molar-refractivity contribution in [1.29, 1.82) is 0 Å². The standard InChI is InChI=1S/C18H28N2O2.ClH/c1-12(2)18(5,11-19)20-17(22)9-8-16(21)15-10-13(3)6-7-14(15)4;/h6-7,10,12H,8-9,11,19H2,1-5H3,(H,20,22);1H. The lowest BCUT2D eigenvalue weighted by molar-refractivity contribution is -0.123. The maximum Gasteiger partial charge on any atom is 0.220 e. The van der Waals surface area contributed by atoms with Crippen molar-refractivity contribution in [2.45, 2.75) is 53.0 Å². The van der Waals surface area contributed by atoms with Crippen LogP contribution in [-0.4, -0.2) is 23.8 Å². The Labute approximate surface area is 145 Å². The quantitative estimate of drug-likeness (QED) is 0.749. The predicted octanol–water partition coefficient (Wildman–Crippen LogP) is 3.18. The number of hydrogen-bond donors (Lipinski definition) is 2. The van der Waals surface area contributed by atoms with Crippen LogP contribution in [0.5, 0.6) is 0 Å². The zero-order chi connectivity index (χ0) is 16.9. The number of benzene rings is 1. The highest BCUT2D eigenvalue weighted by molar-refractivity contribution is 5.99. The van der Waals surface area contributed by atoms with E-state index >= 15 is 0 Å². The van der Waals surface area contributed by atoms with Gasteiger partial charge in [0.25, 0.3) is 0 Å². The summed E-state index contributed by atoms with van der Waals surface area (Å²) in [6.07, 6.45) is 0.406. The smallest absolute Gasteiger partial charge is 0.220 e. The molecule has 1 aromatic carbocycles. The lowest BCUT2D eigenvalue weighted by Crippen LogP contribution is -2.55. The number of aryl methyl sites for hydroxylation is 2. The zero-order valence-electron chi connectivity index (χ0n) is 14.7. The first-order chi connectivity index (χ1) is 10.2. The largest absolute Gasteiger partial charge is 0.349 e. The van der Waals surface area contributed by atoms with E-state index in [1.54, 1.807) is 0 Å². The van der Waals surface area contributed by atoms with Crippen LogP contribution in [0.4, 0.5) is 0 Å². The summed E-state index contributed by atoms with van der Waals surface area (Å²) in [6, 6.07) is 5.80. The van der Waals surface area contributed by atoms with Gasteiger partial charge in [0.15, 0.2) is 5.78 Å². The van der Waals surface area contributed by atoms with Gasteiger partial charge in [-0.3, -0.25) is 9.59 Å². The summed E-state index contributed by atoms with van der Waals surface area (Å²) in [5, 5.41) is 2.96.